The molecule has 2 aliphatic rings. The quantitative estimate of drug-likeness (QED) is 0.239. The Balaban J connectivity index is 1.55. The molecule has 3 N–H and O–H groups in total. The SMILES string of the molecule is CC(C)(c1cccc(Cl)c1)C(OC(=O)NC(CC1CCCCC1)C(=O)NC(C=O)CC1CCNC1=O)c1ccccc1Cl. The average Bonchev–Trinajstić information content (AvgIpc) is 3.39. The van der Waals surface area contributed by atoms with Crippen LogP contribution in [0, 0.1) is 11.8 Å². The number of aldehydes is 1. The minimum atomic E-state index is -0.920. The van der Waals surface area contributed by atoms with Gasteiger partial charge in [0.05, 0.1) is 6.04 Å². The number of ether oxygens (including phenoxy) is 1. The molecule has 0 bridgehead atoms. The lowest BCUT2D eigenvalue weighted by Gasteiger charge is -2.36. The van der Waals surface area contributed by atoms with E-state index in [1.165, 1.54) is 0 Å². The Hall–Kier alpha value is -3.10. The molecule has 2 aromatic carbocycles. The molecule has 1 saturated carbocycles. The molecule has 1 saturated heterocycles. The largest absolute Gasteiger partial charge is 0.440 e. The van der Waals surface area contributed by atoms with Crippen molar-refractivity contribution in [1.82, 2.24) is 16.0 Å². The Morgan fingerprint density at radius 1 is 1.02 bits per heavy atom. The maximum atomic E-state index is 13.6. The van der Waals surface area contributed by atoms with E-state index in [2.05, 4.69) is 16.0 Å². The first-order valence-electron chi connectivity index (χ1n) is 15.1. The predicted molar refractivity (Wildman–Crippen MR) is 167 cm³/mol. The summed E-state index contributed by atoms with van der Waals surface area (Å²) in [5.74, 6) is -0.673. The highest BCUT2D eigenvalue weighted by molar-refractivity contribution is 6.31. The fourth-order valence-corrected chi connectivity index (χ4v) is 6.63. The Labute approximate surface area is 263 Å². The molecule has 1 heterocycles. The van der Waals surface area contributed by atoms with Crippen LogP contribution in [0.25, 0.3) is 0 Å². The summed E-state index contributed by atoms with van der Waals surface area (Å²) in [6.45, 7) is 4.44. The summed E-state index contributed by atoms with van der Waals surface area (Å²) in [5.41, 5.74) is 0.714. The molecule has 2 fully saturated rings. The van der Waals surface area contributed by atoms with Gasteiger partial charge in [-0.05, 0) is 48.9 Å². The van der Waals surface area contributed by atoms with Gasteiger partial charge in [0, 0.05) is 33.5 Å². The molecule has 1 aliphatic carbocycles. The van der Waals surface area contributed by atoms with Gasteiger partial charge >= 0.3 is 6.09 Å². The fourth-order valence-electron chi connectivity index (χ4n) is 6.21. The van der Waals surface area contributed by atoms with Gasteiger partial charge in [0.2, 0.25) is 11.8 Å². The number of amides is 3. The Kier molecular flexibility index (Phi) is 11.5. The van der Waals surface area contributed by atoms with Crippen molar-refractivity contribution < 1.29 is 23.9 Å². The van der Waals surface area contributed by atoms with E-state index in [-0.39, 0.29) is 24.2 Å². The molecule has 8 nitrogen and oxygen atoms in total. The van der Waals surface area contributed by atoms with Gasteiger partial charge in [-0.3, -0.25) is 9.59 Å². The van der Waals surface area contributed by atoms with E-state index in [9.17, 15) is 19.2 Å². The van der Waals surface area contributed by atoms with Crippen molar-refractivity contribution in [1.29, 1.82) is 0 Å². The summed E-state index contributed by atoms with van der Waals surface area (Å²) in [7, 11) is 0. The lowest BCUT2D eigenvalue weighted by Crippen LogP contribution is -2.52. The maximum absolute atomic E-state index is 13.6. The number of nitrogens with one attached hydrogen (secondary N) is 3. The zero-order valence-electron chi connectivity index (χ0n) is 24.7. The lowest BCUT2D eigenvalue weighted by molar-refractivity contribution is -0.127. The van der Waals surface area contributed by atoms with Gasteiger partial charge < -0.3 is 25.5 Å². The second-order valence-electron chi connectivity index (χ2n) is 12.2. The first kappa shape index (κ1) is 32.8. The van der Waals surface area contributed by atoms with Gasteiger partial charge in [-0.2, -0.15) is 0 Å². The van der Waals surface area contributed by atoms with Crippen LogP contribution in [0.1, 0.15) is 82.4 Å². The number of halogens is 2. The molecule has 10 heteroatoms. The summed E-state index contributed by atoms with van der Waals surface area (Å²) >= 11 is 12.9. The van der Waals surface area contributed by atoms with Crippen molar-refractivity contribution in [3.63, 3.8) is 0 Å². The molecule has 43 heavy (non-hydrogen) atoms. The molecule has 1 aliphatic heterocycles. The van der Waals surface area contributed by atoms with Crippen LogP contribution in [-0.2, 0) is 24.5 Å². The van der Waals surface area contributed by atoms with Crippen LogP contribution in [-0.4, -0.2) is 42.8 Å². The first-order valence-corrected chi connectivity index (χ1v) is 15.8. The summed E-state index contributed by atoms with van der Waals surface area (Å²) in [5, 5.41) is 9.34. The summed E-state index contributed by atoms with van der Waals surface area (Å²) in [4.78, 5) is 51.1. The molecule has 4 rings (SSSR count). The highest BCUT2D eigenvalue weighted by atomic mass is 35.5. The number of rotatable bonds is 12. The van der Waals surface area contributed by atoms with Crippen LogP contribution >= 0.6 is 23.2 Å². The highest BCUT2D eigenvalue weighted by Crippen LogP contribution is 2.42. The van der Waals surface area contributed by atoms with Crippen molar-refractivity contribution in [2.75, 3.05) is 6.54 Å². The van der Waals surface area contributed by atoms with Gasteiger partial charge in [-0.15, -0.1) is 0 Å². The van der Waals surface area contributed by atoms with E-state index in [0.717, 1.165) is 37.7 Å². The molecular weight excluding hydrogens is 589 g/mol. The average molecular weight is 631 g/mol. The van der Waals surface area contributed by atoms with Crippen LogP contribution in [0.15, 0.2) is 48.5 Å². The Morgan fingerprint density at radius 2 is 1.77 bits per heavy atom. The minimum Gasteiger partial charge on any atom is -0.440 e. The predicted octanol–water partition coefficient (Wildman–Crippen LogP) is 6.29. The smallest absolute Gasteiger partial charge is 0.408 e. The second-order valence-corrected chi connectivity index (χ2v) is 13.1. The number of carbonyl (C=O) groups is 4. The van der Waals surface area contributed by atoms with Gasteiger partial charge in [0.15, 0.2) is 0 Å². The van der Waals surface area contributed by atoms with E-state index in [1.807, 2.05) is 44.2 Å². The van der Waals surface area contributed by atoms with Crippen LogP contribution in [0.2, 0.25) is 10.0 Å². The molecule has 4 unspecified atom stereocenters. The monoisotopic (exact) mass is 629 g/mol. The second kappa shape index (κ2) is 15.1. The van der Waals surface area contributed by atoms with Crippen molar-refractivity contribution in [3.05, 3.63) is 69.7 Å². The zero-order chi connectivity index (χ0) is 31.0. The molecule has 0 spiro atoms. The minimum absolute atomic E-state index is 0.116. The topological polar surface area (TPSA) is 114 Å². The number of alkyl carbamates (subject to hydrolysis) is 1. The molecule has 4 atom stereocenters. The zero-order valence-corrected chi connectivity index (χ0v) is 26.3. The van der Waals surface area contributed by atoms with E-state index >= 15 is 0 Å². The first-order chi connectivity index (χ1) is 20.6. The standard InChI is InChI=1S/C33H41Cl2N3O5/c1-33(2,23-11-8-12-24(34)19-23)29(26-13-6-7-14-27(26)35)43-32(42)38-28(17-21-9-4-3-5-10-21)31(41)37-25(20-39)18-22-15-16-36-30(22)40/h6-8,11-14,19-22,25,28-29H,3-5,9-10,15-18H2,1-2H3,(H,36,40)(H,37,41)(H,38,42). The van der Waals surface area contributed by atoms with E-state index in [4.69, 9.17) is 27.9 Å². The third-order valence-corrected chi connectivity index (χ3v) is 9.31. The molecule has 3 amide bonds. The van der Waals surface area contributed by atoms with Crippen molar-refractivity contribution in [2.24, 2.45) is 11.8 Å². The number of benzene rings is 2. The van der Waals surface area contributed by atoms with Crippen molar-refractivity contribution in [3.8, 4) is 0 Å². The van der Waals surface area contributed by atoms with E-state index in [0.29, 0.717) is 41.3 Å². The number of hydrogen-bond acceptors (Lipinski definition) is 5. The van der Waals surface area contributed by atoms with Gasteiger partial charge in [-0.25, -0.2) is 4.79 Å². The van der Waals surface area contributed by atoms with Crippen molar-refractivity contribution in [2.45, 2.75) is 88.8 Å². The molecule has 2 aromatic rings. The lowest BCUT2D eigenvalue weighted by atomic mass is 9.76. The van der Waals surface area contributed by atoms with Crippen LogP contribution in [0.4, 0.5) is 4.79 Å². The summed E-state index contributed by atoms with van der Waals surface area (Å²) in [6.07, 6.45) is 5.52. The van der Waals surface area contributed by atoms with Gasteiger partial charge in [0.25, 0.3) is 0 Å². The summed E-state index contributed by atoms with van der Waals surface area (Å²) in [6, 6.07) is 12.8. The number of carbonyl (C=O) groups excluding carboxylic acids is 4. The molecule has 232 valence electrons. The van der Waals surface area contributed by atoms with Gasteiger partial charge in [0.1, 0.15) is 18.4 Å². The van der Waals surface area contributed by atoms with E-state index in [1.54, 1.807) is 18.2 Å². The van der Waals surface area contributed by atoms with Crippen molar-refractivity contribution >= 4 is 47.4 Å². The maximum Gasteiger partial charge on any atom is 0.408 e. The van der Waals surface area contributed by atoms with E-state index < -0.39 is 35.6 Å². The molecule has 0 aromatic heterocycles. The third kappa shape index (κ3) is 8.73. The third-order valence-electron chi connectivity index (χ3n) is 8.73. The van der Waals surface area contributed by atoms with Gasteiger partial charge in [-0.1, -0.05) is 99.5 Å². The molecule has 0 radical (unpaired) electrons. The van der Waals surface area contributed by atoms with Crippen LogP contribution in [0.3, 0.4) is 0 Å². The van der Waals surface area contributed by atoms with Crippen LogP contribution in [0.5, 0.6) is 0 Å². The molecular formula is C33H41Cl2N3O5. The highest BCUT2D eigenvalue weighted by Gasteiger charge is 2.38. The number of hydrogen-bond donors (Lipinski definition) is 3. The Morgan fingerprint density at radius 3 is 2.42 bits per heavy atom. The fraction of sp³-hybridized carbons (Fsp3) is 0.515. The normalized spacial score (nSPS) is 19.5. The van der Waals surface area contributed by atoms with Crippen LogP contribution < -0.4 is 16.0 Å². The summed E-state index contributed by atoms with van der Waals surface area (Å²) < 4.78 is 6.12. The Bertz CT molecular complexity index is 1300.